The number of rotatable bonds is 6. The number of hydrogen-bond donors (Lipinski definition) is 1. The summed E-state index contributed by atoms with van der Waals surface area (Å²) in [5, 5.41) is 3.23. The number of hydrogen-bond acceptors (Lipinski definition) is 3. The maximum absolute atomic E-state index is 12.9. The van der Waals surface area contributed by atoms with E-state index in [1.807, 2.05) is 59.5 Å². The normalized spacial score (nSPS) is 17.9. The summed E-state index contributed by atoms with van der Waals surface area (Å²) in [6.07, 6.45) is 7.29. The van der Waals surface area contributed by atoms with Crippen LogP contribution in [0, 0.1) is 5.92 Å². The van der Waals surface area contributed by atoms with Crippen LogP contribution in [0.1, 0.15) is 60.9 Å². The van der Waals surface area contributed by atoms with Gasteiger partial charge < -0.3 is 15.0 Å². The Balaban J connectivity index is 1.23. The van der Waals surface area contributed by atoms with Crippen LogP contribution in [0.5, 0.6) is 5.75 Å². The van der Waals surface area contributed by atoms with Gasteiger partial charge in [-0.2, -0.15) is 0 Å². The third kappa shape index (κ3) is 5.87. The molecule has 5 heteroatoms. The van der Waals surface area contributed by atoms with E-state index in [9.17, 15) is 9.59 Å². The first kappa shape index (κ1) is 21.4. The molecule has 5 nitrogen and oxygen atoms in total. The predicted molar refractivity (Wildman–Crippen MR) is 121 cm³/mol. The van der Waals surface area contributed by atoms with Gasteiger partial charge in [-0.3, -0.25) is 9.59 Å². The Hall–Kier alpha value is -2.82. The number of para-hydroxylation sites is 1. The number of amides is 2. The van der Waals surface area contributed by atoms with Gasteiger partial charge in [0.05, 0.1) is 0 Å². The summed E-state index contributed by atoms with van der Waals surface area (Å²) in [6.45, 7) is 1.85. The highest BCUT2D eigenvalue weighted by molar-refractivity contribution is 5.94. The highest BCUT2D eigenvalue weighted by Crippen LogP contribution is 2.24. The van der Waals surface area contributed by atoms with Crippen LogP contribution in [0.2, 0.25) is 0 Å². The second-order valence-corrected chi connectivity index (χ2v) is 8.71. The smallest absolute Gasteiger partial charge is 0.253 e. The lowest BCUT2D eigenvalue weighted by atomic mass is 9.88. The SMILES string of the molecule is O=C(NC1CCN(C(=O)c2ccc(COc3ccccc3)cc2)CC1)C1CCCCC1. The average molecular weight is 421 g/mol. The molecule has 31 heavy (non-hydrogen) atoms. The highest BCUT2D eigenvalue weighted by Gasteiger charge is 2.27. The van der Waals surface area contributed by atoms with Crippen molar-refractivity contribution in [1.82, 2.24) is 10.2 Å². The van der Waals surface area contributed by atoms with Crippen LogP contribution in [-0.4, -0.2) is 35.8 Å². The molecule has 1 aliphatic heterocycles. The Morgan fingerprint density at radius 3 is 2.23 bits per heavy atom. The Kier molecular flexibility index (Phi) is 7.23. The number of benzene rings is 2. The summed E-state index contributed by atoms with van der Waals surface area (Å²) in [6, 6.07) is 17.6. The second-order valence-electron chi connectivity index (χ2n) is 8.71. The van der Waals surface area contributed by atoms with Crippen LogP contribution in [0.15, 0.2) is 54.6 Å². The van der Waals surface area contributed by atoms with Crippen LogP contribution >= 0.6 is 0 Å². The van der Waals surface area contributed by atoms with E-state index >= 15 is 0 Å². The van der Waals surface area contributed by atoms with Gasteiger partial charge in [0.15, 0.2) is 0 Å². The van der Waals surface area contributed by atoms with Crippen LogP contribution in [0.4, 0.5) is 0 Å². The lowest BCUT2D eigenvalue weighted by molar-refractivity contribution is -0.126. The predicted octanol–water partition coefficient (Wildman–Crippen LogP) is 4.57. The zero-order valence-corrected chi connectivity index (χ0v) is 18.1. The van der Waals surface area contributed by atoms with Crippen molar-refractivity contribution in [2.75, 3.05) is 13.1 Å². The van der Waals surface area contributed by atoms with Gasteiger partial charge in [0, 0.05) is 30.6 Å². The summed E-state index contributed by atoms with van der Waals surface area (Å²) in [5.41, 5.74) is 1.73. The van der Waals surface area contributed by atoms with Gasteiger partial charge in [-0.25, -0.2) is 0 Å². The average Bonchev–Trinajstić information content (AvgIpc) is 2.84. The quantitative estimate of drug-likeness (QED) is 0.745. The first-order valence-electron chi connectivity index (χ1n) is 11.6. The molecule has 2 amide bonds. The van der Waals surface area contributed by atoms with Crippen LogP contribution in [-0.2, 0) is 11.4 Å². The van der Waals surface area contributed by atoms with Crippen LogP contribution in [0.25, 0.3) is 0 Å². The van der Waals surface area contributed by atoms with Gasteiger partial charge in [0.25, 0.3) is 5.91 Å². The summed E-state index contributed by atoms with van der Waals surface area (Å²) >= 11 is 0. The molecule has 164 valence electrons. The number of carbonyl (C=O) groups excluding carboxylic acids is 2. The molecule has 0 radical (unpaired) electrons. The first-order chi connectivity index (χ1) is 15.2. The van der Waals surface area contributed by atoms with Crippen molar-refractivity contribution in [3.8, 4) is 5.75 Å². The van der Waals surface area contributed by atoms with Gasteiger partial charge >= 0.3 is 0 Å². The van der Waals surface area contributed by atoms with Crippen molar-refractivity contribution in [3.63, 3.8) is 0 Å². The largest absolute Gasteiger partial charge is 0.489 e. The highest BCUT2D eigenvalue weighted by atomic mass is 16.5. The minimum Gasteiger partial charge on any atom is -0.489 e. The van der Waals surface area contributed by atoms with E-state index in [1.165, 1.54) is 19.3 Å². The van der Waals surface area contributed by atoms with E-state index in [2.05, 4.69) is 5.32 Å². The number of ether oxygens (including phenoxy) is 1. The fourth-order valence-corrected chi connectivity index (χ4v) is 4.52. The van der Waals surface area contributed by atoms with Crippen LogP contribution < -0.4 is 10.1 Å². The molecular formula is C26H32N2O3. The topological polar surface area (TPSA) is 58.6 Å². The van der Waals surface area contributed by atoms with Gasteiger partial charge in [-0.1, -0.05) is 49.6 Å². The Morgan fingerprint density at radius 1 is 0.871 bits per heavy atom. The summed E-state index contributed by atoms with van der Waals surface area (Å²) in [7, 11) is 0. The van der Waals surface area contributed by atoms with E-state index < -0.39 is 0 Å². The number of nitrogens with zero attached hydrogens (tertiary/aromatic N) is 1. The number of nitrogens with one attached hydrogen (secondary N) is 1. The zero-order valence-electron chi connectivity index (χ0n) is 18.1. The molecule has 2 aliphatic rings. The maximum Gasteiger partial charge on any atom is 0.253 e. The number of carbonyl (C=O) groups is 2. The first-order valence-corrected chi connectivity index (χ1v) is 11.6. The molecule has 0 atom stereocenters. The molecule has 4 rings (SSSR count). The van der Waals surface area contributed by atoms with Gasteiger partial charge in [0.2, 0.25) is 5.91 Å². The molecule has 0 bridgehead atoms. The van der Waals surface area contributed by atoms with Crippen molar-refractivity contribution in [1.29, 1.82) is 0 Å². The molecule has 1 saturated carbocycles. The molecular weight excluding hydrogens is 388 g/mol. The monoisotopic (exact) mass is 420 g/mol. The van der Waals surface area contributed by atoms with Gasteiger partial charge in [-0.05, 0) is 55.5 Å². The van der Waals surface area contributed by atoms with Gasteiger partial charge in [-0.15, -0.1) is 0 Å². The summed E-state index contributed by atoms with van der Waals surface area (Å²) in [5.74, 6) is 1.31. The van der Waals surface area contributed by atoms with Crippen molar-refractivity contribution >= 4 is 11.8 Å². The second kappa shape index (κ2) is 10.5. The third-order valence-electron chi connectivity index (χ3n) is 6.45. The Labute approximate surface area is 184 Å². The summed E-state index contributed by atoms with van der Waals surface area (Å²) < 4.78 is 5.77. The minimum absolute atomic E-state index is 0.0626. The van der Waals surface area contributed by atoms with E-state index in [1.54, 1.807) is 0 Å². The Bertz CT molecular complexity index is 852. The molecule has 0 aromatic heterocycles. The molecule has 1 aliphatic carbocycles. The van der Waals surface area contributed by atoms with Crippen molar-refractivity contribution < 1.29 is 14.3 Å². The van der Waals surface area contributed by atoms with E-state index in [-0.39, 0.29) is 23.8 Å². The van der Waals surface area contributed by atoms with E-state index in [4.69, 9.17) is 4.74 Å². The van der Waals surface area contributed by atoms with Gasteiger partial charge in [0.1, 0.15) is 12.4 Å². The number of likely N-dealkylation sites (tertiary alicyclic amines) is 1. The van der Waals surface area contributed by atoms with E-state index in [0.717, 1.165) is 37.0 Å². The lowest BCUT2D eigenvalue weighted by Crippen LogP contribution is -2.48. The molecule has 2 aromatic carbocycles. The third-order valence-corrected chi connectivity index (χ3v) is 6.45. The van der Waals surface area contributed by atoms with Crippen molar-refractivity contribution in [2.24, 2.45) is 5.92 Å². The fraction of sp³-hybridized carbons (Fsp3) is 0.462. The van der Waals surface area contributed by atoms with Crippen molar-refractivity contribution in [3.05, 3.63) is 65.7 Å². The fourth-order valence-electron chi connectivity index (χ4n) is 4.52. The molecule has 1 heterocycles. The molecule has 1 N–H and O–H groups in total. The van der Waals surface area contributed by atoms with Crippen LogP contribution in [0.3, 0.4) is 0 Å². The minimum atomic E-state index is 0.0626. The maximum atomic E-state index is 12.9. The molecule has 1 saturated heterocycles. The summed E-state index contributed by atoms with van der Waals surface area (Å²) in [4.78, 5) is 27.3. The van der Waals surface area contributed by atoms with E-state index in [0.29, 0.717) is 25.3 Å². The molecule has 0 unspecified atom stereocenters. The standard InChI is InChI=1S/C26H32N2O3/c29-25(21-7-3-1-4-8-21)27-23-15-17-28(18-16-23)26(30)22-13-11-20(12-14-22)19-31-24-9-5-2-6-10-24/h2,5-6,9-14,21,23H,1,3-4,7-8,15-19H2,(H,27,29). The number of piperidine rings is 1. The molecule has 2 fully saturated rings. The molecule has 2 aromatic rings. The lowest BCUT2D eigenvalue weighted by Gasteiger charge is -2.33. The molecule has 0 spiro atoms. The Morgan fingerprint density at radius 2 is 1.55 bits per heavy atom. The van der Waals surface area contributed by atoms with Crippen molar-refractivity contribution in [2.45, 2.75) is 57.6 Å². The zero-order chi connectivity index (χ0) is 21.5.